The summed E-state index contributed by atoms with van der Waals surface area (Å²) >= 11 is 0. The second-order valence-corrected chi connectivity index (χ2v) is 13.0. The van der Waals surface area contributed by atoms with Gasteiger partial charge in [-0.15, -0.1) is 0 Å². The van der Waals surface area contributed by atoms with Gasteiger partial charge >= 0.3 is 12.2 Å². The summed E-state index contributed by atoms with van der Waals surface area (Å²) < 4.78 is 40.0. The molecule has 1 aliphatic carbocycles. The zero-order valence-corrected chi connectivity index (χ0v) is 24.4. The fourth-order valence-corrected chi connectivity index (χ4v) is 5.16. The van der Waals surface area contributed by atoms with Gasteiger partial charge in [0.2, 0.25) is 17.6 Å². The molecule has 0 aromatic carbocycles. The van der Waals surface area contributed by atoms with E-state index in [9.17, 15) is 37.1 Å². The normalized spacial score (nSPS) is 21.8. The van der Waals surface area contributed by atoms with E-state index in [2.05, 4.69) is 10.6 Å². The maximum Gasteiger partial charge on any atom is 0.411 e. The molecule has 2 rings (SSSR count). The third kappa shape index (κ3) is 7.87. The van der Waals surface area contributed by atoms with Gasteiger partial charge in [-0.2, -0.15) is 13.2 Å². The molecule has 10 nitrogen and oxygen atoms in total. The molecule has 2 aliphatic rings. The van der Waals surface area contributed by atoms with E-state index in [0.29, 0.717) is 6.42 Å². The van der Waals surface area contributed by atoms with Gasteiger partial charge in [0.1, 0.15) is 17.6 Å². The standard InChI is InChI=1S/C27H44F3N5O5/c1-14(2)16-11-12-35(18(16)22(38)32-17(19(36)21(31)37)13-15-9-8-10-15)23(39)20(25(3,4)5)33-24(40)34-26(6,7)27(28,29)30/h14-18,20H,8-13H2,1-7H3,(H2,31,37)(H,32,38)(H2,33,34,40)/t16?,17?,18-,20+/m0/s1. The lowest BCUT2D eigenvalue weighted by Gasteiger charge is -2.38. The predicted molar refractivity (Wildman–Crippen MR) is 142 cm³/mol. The van der Waals surface area contributed by atoms with E-state index < -0.39 is 64.8 Å². The maximum absolute atomic E-state index is 13.9. The van der Waals surface area contributed by atoms with Crippen LogP contribution >= 0.6 is 0 Å². The van der Waals surface area contributed by atoms with E-state index in [0.717, 1.165) is 33.1 Å². The Morgan fingerprint density at radius 2 is 1.52 bits per heavy atom. The number of Topliss-reactive ketones (excluding diaryl/α,β-unsaturated/α-hetero) is 1. The maximum atomic E-state index is 13.9. The van der Waals surface area contributed by atoms with Crippen LogP contribution in [0.5, 0.6) is 0 Å². The molecular weight excluding hydrogens is 531 g/mol. The Labute approximate surface area is 233 Å². The SMILES string of the molecule is CC(C)C1CCN(C(=O)[C@@H](NC(=O)NC(C)(C)C(F)(F)F)C(C)(C)C)[C@@H]1C(=O)NC(CC1CCC1)C(=O)C(N)=O. The average molecular weight is 576 g/mol. The molecule has 0 aromatic rings. The number of primary amides is 1. The van der Waals surface area contributed by atoms with Crippen LogP contribution in [0.4, 0.5) is 18.0 Å². The number of amides is 5. The highest BCUT2D eigenvalue weighted by Gasteiger charge is 2.50. The Hall–Kier alpha value is -2.86. The fraction of sp³-hybridized carbons (Fsp3) is 0.815. The van der Waals surface area contributed by atoms with E-state index in [1.54, 1.807) is 20.8 Å². The first-order valence-electron chi connectivity index (χ1n) is 13.8. The van der Waals surface area contributed by atoms with Crippen molar-refractivity contribution in [3.8, 4) is 0 Å². The lowest BCUT2D eigenvalue weighted by atomic mass is 9.80. The van der Waals surface area contributed by atoms with Crippen molar-refractivity contribution < 1.29 is 37.1 Å². The van der Waals surface area contributed by atoms with E-state index in [1.807, 2.05) is 19.2 Å². The van der Waals surface area contributed by atoms with Crippen molar-refractivity contribution in [2.45, 2.75) is 110 Å². The molecular formula is C27H44F3N5O5. The number of ketones is 1. The highest BCUT2D eigenvalue weighted by molar-refractivity contribution is 6.37. The van der Waals surface area contributed by atoms with Gasteiger partial charge in [-0.25, -0.2) is 4.79 Å². The number of nitrogens with two attached hydrogens (primary N) is 1. The van der Waals surface area contributed by atoms with Crippen LogP contribution in [0.2, 0.25) is 0 Å². The van der Waals surface area contributed by atoms with Crippen LogP contribution in [-0.4, -0.2) is 70.8 Å². The van der Waals surface area contributed by atoms with Crippen LogP contribution in [0, 0.1) is 23.2 Å². The molecule has 0 spiro atoms. The summed E-state index contributed by atoms with van der Waals surface area (Å²) in [5.41, 5.74) is 1.76. The minimum Gasteiger partial charge on any atom is -0.363 e. The molecule has 40 heavy (non-hydrogen) atoms. The van der Waals surface area contributed by atoms with Crippen LogP contribution in [-0.2, 0) is 19.2 Å². The second-order valence-electron chi connectivity index (χ2n) is 13.0. The lowest BCUT2D eigenvalue weighted by Crippen LogP contribution is -2.63. The third-order valence-corrected chi connectivity index (χ3v) is 8.05. The molecule has 4 atom stereocenters. The van der Waals surface area contributed by atoms with Gasteiger partial charge in [-0.3, -0.25) is 19.2 Å². The van der Waals surface area contributed by atoms with Crippen molar-refractivity contribution in [3.05, 3.63) is 0 Å². The predicted octanol–water partition coefficient (Wildman–Crippen LogP) is 2.64. The van der Waals surface area contributed by atoms with Gasteiger partial charge in [-0.05, 0) is 49.9 Å². The van der Waals surface area contributed by atoms with Gasteiger partial charge in [0.05, 0.1) is 6.04 Å². The lowest BCUT2D eigenvalue weighted by molar-refractivity contribution is -0.182. The molecule has 13 heteroatoms. The highest BCUT2D eigenvalue weighted by atomic mass is 19.4. The molecule has 5 N–H and O–H groups in total. The van der Waals surface area contributed by atoms with Crippen LogP contribution < -0.4 is 21.7 Å². The minimum atomic E-state index is -4.73. The topological polar surface area (TPSA) is 151 Å². The number of urea groups is 1. The second kappa shape index (κ2) is 12.3. The summed E-state index contributed by atoms with van der Waals surface area (Å²) in [5, 5.41) is 6.94. The van der Waals surface area contributed by atoms with Gasteiger partial charge < -0.3 is 26.6 Å². The Morgan fingerprint density at radius 1 is 0.950 bits per heavy atom. The van der Waals surface area contributed by atoms with Crippen molar-refractivity contribution in [2.24, 2.45) is 28.9 Å². The summed E-state index contributed by atoms with van der Waals surface area (Å²) in [6.07, 6.45) is -1.27. The van der Waals surface area contributed by atoms with Crippen molar-refractivity contribution in [3.63, 3.8) is 0 Å². The molecule has 0 bridgehead atoms. The molecule has 0 aromatic heterocycles. The molecule has 2 fully saturated rings. The zero-order chi connectivity index (χ0) is 30.8. The van der Waals surface area contributed by atoms with Gasteiger partial charge in [0.15, 0.2) is 0 Å². The molecule has 5 amide bonds. The van der Waals surface area contributed by atoms with Crippen LogP contribution in [0.15, 0.2) is 0 Å². The van der Waals surface area contributed by atoms with Gasteiger partial charge in [0, 0.05) is 6.54 Å². The highest BCUT2D eigenvalue weighted by Crippen LogP contribution is 2.35. The number of carbonyl (C=O) groups is 5. The summed E-state index contributed by atoms with van der Waals surface area (Å²) in [4.78, 5) is 65.7. The van der Waals surface area contributed by atoms with Crippen LogP contribution in [0.25, 0.3) is 0 Å². The molecule has 1 aliphatic heterocycles. The van der Waals surface area contributed by atoms with Crippen molar-refractivity contribution in [1.29, 1.82) is 0 Å². The largest absolute Gasteiger partial charge is 0.411 e. The van der Waals surface area contributed by atoms with Crippen LogP contribution in [0.1, 0.15) is 80.6 Å². The number of alkyl halides is 3. The molecule has 1 saturated carbocycles. The summed E-state index contributed by atoms with van der Waals surface area (Å²) in [7, 11) is 0. The monoisotopic (exact) mass is 575 g/mol. The zero-order valence-electron chi connectivity index (χ0n) is 24.4. The number of rotatable bonds is 10. The van der Waals surface area contributed by atoms with Gasteiger partial charge in [0.25, 0.3) is 5.91 Å². The minimum absolute atomic E-state index is 0.0394. The number of nitrogens with zero attached hydrogens (tertiary/aromatic N) is 1. The first-order chi connectivity index (χ1) is 18.2. The summed E-state index contributed by atoms with van der Waals surface area (Å²) in [6, 6.07) is -4.58. The molecule has 1 saturated heterocycles. The van der Waals surface area contributed by atoms with Crippen LogP contribution in [0.3, 0.4) is 0 Å². The number of hydrogen-bond donors (Lipinski definition) is 4. The van der Waals surface area contributed by atoms with Gasteiger partial charge in [-0.1, -0.05) is 53.9 Å². The van der Waals surface area contributed by atoms with E-state index in [4.69, 9.17) is 5.73 Å². The number of hydrogen-bond acceptors (Lipinski definition) is 5. The fourth-order valence-electron chi connectivity index (χ4n) is 5.16. The molecule has 2 unspecified atom stereocenters. The Kier molecular flexibility index (Phi) is 10.3. The first kappa shape index (κ1) is 33.3. The summed E-state index contributed by atoms with van der Waals surface area (Å²) in [5.74, 6) is -3.47. The first-order valence-corrected chi connectivity index (χ1v) is 13.8. The molecule has 228 valence electrons. The Morgan fingerprint density at radius 3 is 1.95 bits per heavy atom. The third-order valence-electron chi connectivity index (χ3n) is 8.05. The quantitative estimate of drug-likeness (QED) is 0.295. The average Bonchev–Trinajstić information content (AvgIpc) is 3.21. The Bertz CT molecular complexity index is 988. The van der Waals surface area contributed by atoms with E-state index in [1.165, 1.54) is 4.90 Å². The molecule has 0 radical (unpaired) electrons. The number of carbonyl (C=O) groups excluding carboxylic acids is 5. The Balaban J connectivity index is 2.33. The smallest absolute Gasteiger partial charge is 0.363 e. The summed E-state index contributed by atoms with van der Waals surface area (Å²) in [6.45, 7) is 10.5. The molecule has 1 heterocycles. The number of nitrogens with one attached hydrogen (secondary N) is 3. The van der Waals surface area contributed by atoms with Crippen molar-refractivity contribution >= 4 is 29.5 Å². The van der Waals surface area contributed by atoms with E-state index >= 15 is 0 Å². The number of likely N-dealkylation sites (tertiary alicyclic amines) is 1. The number of halogens is 3. The van der Waals surface area contributed by atoms with Crippen molar-refractivity contribution in [1.82, 2.24) is 20.9 Å². The van der Waals surface area contributed by atoms with Crippen molar-refractivity contribution in [2.75, 3.05) is 6.54 Å². The van der Waals surface area contributed by atoms with E-state index in [-0.39, 0.29) is 30.7 Å².